The van der Waals surface area contributed by atoms with Gasteiger partial charge in [0.2, 0.25) is 0 Å². The summed E-state index contributed by atoms with van der Waals surface area (Å²) in [5, 5.41) is 4.58. The summed E-state index contributed by atoms with van der Waals surface area (Å²) in [4.78, 5) is 31.3. The first-order valence-electron chi connectivity index (χ1n) is 18.9. The van der Waals surface area contributed by atoms with Gasteiger partial charge in [-0.15, -0.1) is 0 Å². The molecule has 0 unspecified atom stereocenters. The Balaban J connectivity index is 1.03. The van der Waals surface area contributed by atoms with Crippen molar-refractivity contribution in [2.24, 2.45) is 0 Å². The third kappa shape index (κ3) is 5.99. The van der Waals surface area contributed by atoms with E-state index in [2.05, 4.69) is 143 Å². The Kier molecular flexibility index (Phi) is 8.38. The van der Waals surface area contributed by atoms with Gasteiger partial charge >= 0.3 is 11.9 Å². The first-order chi connectivity index (χ1) is 28.1. The van der Waals surface area contributed by atoms with E-state index >= 15 is 0 Å². The largest absolute Gasteiger partial charge is 0.386 e. The fourth-order valence-corrected chi connectivity index (χ4v) is 8.09. The number of para-hydroxylation sites is 2. The van der Waals surface area contributed by atoms with Crippen LogP contribution >= 0.6 is 0 Å². The number of esters is 2. The maximum Gasteiger partial charge on any atom is 0.347 e. The molecule has 1 aliphatic rings. The lowest BCUT2D eigenvalue weighted by molar-refractivity contribution is 0.0444. The molecule has 0 saturated heterocycles. The Bertz CT molecular complexity index is 2750. The van der Waals surface area contributed by atoms with Crippen LogP contribution in [0.15, 0.2) is 206 Å². The minimum absolute atomic E-state index is 0.282. The highest BCUT2D eigenvalue weighted by molar-refractivity contribution is 6.21. The van der Waals surface area contributed by atoms with Gasteiger partial charge in [0.15, 0.2) is 0 Å². The molecule has 270 valence electrons. The molecular weight excluding hydrogens is 701 g/mol. The Morgan fingerprint density at radius 2 is 0.667 bits per heavy atom. The second-order valence-electron chi connectivity index (χ2n) is 14.0. The molecule has 0 amide bonds. The predicted molar refractivity (Wildman–Crippen MR) is 231 cm³/mol. The Hall–Kier alpha value is -7.76. The van der Waals surface area contributed by atoms with Gasteiger partial charge in [-0.25, -0.2) is 9.59 Å². The summed E-state index contributed by atoms with van der Waals surface area (Å²) in [5.74, 6) is -1.28. The van der Waals surface area contributed by atoms with E-state index in [0.717, 1.165) is 66.8 Å². The molecule has 0 aliphatic carbocycles. The summed E-state index contributed by atoms with van der Waals surface area (Å²) in [6.45, 7) is 0. The van der Waals surface area contributed by atoms with E-state index in [1.165, 1.54) is 0 Å². The molecular formula is C52H34N2O3. The van der Waals surface area contributed by atoms with Crippen LogP contribution in [0.3, 0.4) is 0 Å². The minimum Gasteiger partial charge on any atom is -0.386 e. The summed E-state index contributed by atoms with van der Waals surface area (Å²) in [7, 11) is 0. The second kappa shape index (κ2) is 14.1. The van der Waals surface area contributed by atoms with E-state index in [1.807, 2.05) is 72.8 Å². The number of rotatable bonds is 8. The molecule has 9 aromatic carbocycles. The van der Waals surface area contributed by atoms with Crippen LogP contribution in [0.4, 0.5) is 34.1 Å². The van der Waals surface area contributed by atoms with E-state index in [4.69, 9.17) is 4.74 Å². The molecule has 0 spiro atoms. The van der Waals surface area contributed by atoms with Crippen molar-refractivity contribution < 1.29 is 14.3 Å². The fraction of sp³-hybridized carbons (Fsp3) is 0. The van der Waals surface area contributed by atoms with Crippen molar-refractivity contribution in [1.82, 2.24) is 0 Å². The smallest absolute Gasteiger partial charge is 0.347 e. The van der Waals surface area contributed by atoms with Gasteiger partial charge in [-0.3, -0.25) is 0 Å². The van der Waals surface area contributed by atoms with Gasteiger partial charge in [0, 0.05) is 33.5 Å². The third-order valence-electron chi connectivity index (χ3n) is 10.7. The van der Waals surface area contributed by atoms with Crippen molar-refractivity contribution in [3.63, 3.8) is 0 Å². The standard InChI is InChI=1S/C52H34N2O3/c55-51-49-45(37-25-29-41(30-26-37)53(39-17-3-1-4-18-39)47-23-11-15-35-13-7-9-21-43(35)47)33-34-46(50(49)52(56)57-51)38-27-31-42(32-28-38)54(40-19-5-2-6-20-40)48-24-12-16-36-14-8-10-22-44(36)48/h1-34H. The molecule has 0 fully saturated rings. The molecule has 5 nitrogen and oxygen atoms in total. The van der Waals surface area contributed by atoms with E-state index < -0.39 is 11.9 Å². The van der Waals surface area contributed by atoms with Crippen molar-refractivity contribution in [3.05, 3.63) is 217 Å². The van der Waals surface area contributed by atoms with Crippen LogP contribution in [0.25, 0.3) is 43.8 Å². The summed E-state index contributed by atoms with van der Waals surface area (Å²) < 4.78 is 5.30. The fourth-order valence-electron chi connectivity index (χ4n) is 8.09. The van der Waals surface area contributed by atoms with Crippen LogP contribution in [-0.4, -0.2) is 11.9 Å². The second-order valence-corrected chi connectivity index (χ2v) is 14.0. The van der Waals surface area contributed by atoms with Crippen molar-refractivity contribution in [1.29, 1.82) is 0 Å². The maximum absolute atomic E-state index is 13.4. The van der Waals surface area contributed by atoms with Crippen molar-refractivity contribution in [3.8, 4) is 22.3 Å². The van der Waals surface area contributed by atoms with Gasteiger partial charge < -0.3 is 14.5 Å². The molecule has 1 heterocycles. The van der Waals surface area contributed by atoms with Crippen LogP contribution in [0.2, 0.25) is 0 Å². The summed E-state index contributed by atoms with van der Waals surface area (Å²) in [6.07, 6.45) is 0. The molecule has 0 N–H and O–H groups in total. The van der Waals surface area contributed by atoms with Gasteiger partial charge in [0.25, 0.3) is 0 Å². The van der Waals surface area contributed by atoms with Crippen LogP contribution in [0.5, 0.6) is 0 Å². The average molecular weight is 735 g/mol. The van der Waals surface area contributed by atoms with Crippen LogP contribution in [0.1, 0.15) is 20.7 Å². The van der Waals surface area contributed by atoms with E-state index in [1.54, 1.807) is 0 Å². The number of hydrogen-bond acceptors (Lipinski definition) is 5. The number of benzene rings is 9. The van der Waals surface area contributed by atoms with Gasteiger partial charge in [0.05, 0.1) is 22.5 Å². The Morgan fingerprint density at radius 3 is 1.09 bits per heavy atom. The number of ether oxygens (including phenoxy) is 1. The highest BCUT2D eigenvalue weighted by atomic mass is 16.6. The lowest BCUT2D eigenvalue weighted by Gasteiger charge is -2.27. The number of fused-ring (bicyclic) bond motifs is 3. The van der Waals surface area contributed by atoms with Gasteiger partial charge in [0.1, 0.15) is 0 Å². The molecule has 0 atom stereocenters. The summed E-state index contributed by atoms with van der Waals surface area (Å²) in [5.41, 5.74) is 9.56. The molecule has 0 saturated carbocycles. The molecule has 57 heavy (non-hydrogen) atoms. The van der Waals surface area contributed by atoms with Crippen LogP contribution < -0.4 is 9.80 Å². The summed E-state index contributed by atoms with van der Waals surface area (Å²) >= 11 is 0. The van der Waals surface area contributed by atoms with Gasteiger partial charge in [-0.2, -0.15) is 0 Å². The third-order valence-corrected chi connectivity index (χ3v) is 10.7. The normalized spacial score (nSPS) is 12.1. The SMILES string of the molecule is O=C1OC(=O)c2c(-c3ccc(N(c4ccccc4)c4cccc5ccccc45)cc3)ccc(-c3ccc(N(c4ccccc4)c4cccc5ccccc45)cc3)c21. The van der Waals surface area contributed by atoms with E-state index in [9.17, 15) is 9.59 Å². The number of hydrogen-bond donors (Lipinski definition) is 0. The zero-order chi connectivity index (χ0) is 38.3. The van der Waals surface area contributed by atoms with Crippen molar-refractivity contribution in [2.75, 3.05) is 9.80 Å². The zero-order valence-electron chi connectivity index (χ0n) is 30.7. The molecule has 0 aromatic heterocycles. The zero-order valence-corrected chi connectivity index (χ0v) is 30.7. The first kappa shape index (κ1) is 33.8. The number of carbonyl (C=O) groups excluding carboxylic acids is 2. The number of anilines is 6. The highest BCUT2D eigenvalue weighted by Crippen LogP contribution is 2.43. The summed E-state index contributed by atoms with van der Waals surface area (Å²) in [6, 6.07) is 70.0. The number of nitrogens with zero attached hydrogens (tertiary/aromatic N) is 2. The average Bonchev–Trinajstić information content (AvgIpc) is 3.58. The van der Waals surface area contributed by atoms with Gasteiger partial charge in [-0.1, -0.05) is 146 Å². The lowest BCUT2D eigenvalue weighted by Crippen LogP contribution is -2.10. The number of carbonyl (C=O) groups is 2. The van der Waals surface area contributed by atoms with Crippen molar-refractivity contribution >= 4 is 67.6 Å². The van der Waals surface area contributed by atoms with Gasteiger partial charge in [-0.05, 0) is 93.7 Å². The minimum atomic E-state index is -0.638. The van der Waals surface area contributed by atoms with Crippen LogP contribution in [0, 0.1) is 0 Å². The molecule has 9 aromatic rings. The molecule has 0 radical (unpaired) electrons. The van der Waals surface area contributed by atoms with E-state index in [-0.39, 0.29) is 11.1 Å². The Labute approximate surface area is 330 Å². The number of cyclic esters (lactones) is 2. The molecule has 0 bridgehead atoms. The predicted octanol–water partition coefficient (Wildman–Crippen LogP) is 13.6. The van der Waals surface area contributed by atoms with Crippen LogP contribution in [-0.2, 0) is 4.74 Å². The quantitative estimate of drug-likeness (QED) is 0.115. The van der Waals surface area contributed by atoms with Crippen molar-refractivity contribution in [2.45, 2.75) is 0 Å². The highest BCUT2D eigenvalue weighted by Gasteiger charge is 2.35. The lowest BCUT2D eigenvalue weighted by atomic mass is 9.90. The monoisotopic (exact) mass is 734 g/mol. The first-order valence-corrected chi connectivity index (χ1v) is 18.9. The maximum atomic E-state index is 13.4. The molecule has 10 rings (SSSR count). The molecule has 5 heteroatoms. The Morgan fingerprint density at radius 1 is 0.316 bits per heavy atom. The molecule has 1 aliphatic heterocycles. The van der Waals surface area contributed by atoms with E-state index in [0.29, 0.717) is 11.1 Å². The topological polar surface area (TPSA) is 49.9 Å².